The molecule has 0 aromatic heterocycles. The fraction of sp³-hybridized carbons (Fsp3) is 0.562. The summed E-state index contributed by atoms with van der Waals surface area (Å²) in [7, 11) is 0. The molecule has 0 spiro atoms. The van der Waals surface area contributed by atoms with E-state index in [9.17, 15) is 9.90 Å². The van der Waals surface area contributed by atoms with Gasteiger partial charge in [0.2, 0.25) is 5.91 Å². The number of hydrogen-bond acceptors (Lipinski definition) is 3. The van der Waals surface area contributed by atoms with Crippen LogP contribution in [-0.2, 0) is 10.2 Å². The molecule has 1 saturated heterocycles. The number of hydrogen-bond donors (Lipinski definition) is 3. The molecule has 2 atom stereocenters. The zero-order valence-corrected chi connectivity index (χ0v) is 13.1. The fourth-order valence-electron chi connectivity index (χ4n) is 3.04. The van der Waals surface area contributed by atoms with Crippen LogP contribution in [0.2, 0.25) is 0 Å². The Morgan fingerprint density at radius 2 is 2.19 bits per heavy atom. The quantitative estimate of drug-likeness (QED) is 0.782. The third-order valence-electron chi connectivity index (χ3n) is 4.58. The number of carbonyl (C=O) groups excluding carboxylic acids is 1. The number of aliphatic hydroxyl groups excluding tert-OH is 1. The molecular weight excluding hydrogens is 288 g/mol. The first-order valence-electron chi connectivity index (χ1n) is 7.36. The Bertz CT molecular complexity index is 517. The van der Waals surface area contributed by atoms with Crippen LogP contribution in [0.4, 0.5) is 0 Å². The monoisotopic (exact) mass is 310 g/mol. The summed E-state index contributed by atoms with van der Waals surface area (Å²) in [4.78, 5) is 12.5. The van der Waals surface area contributed by atoms with Crippen LogP contribution < -0.4 is 10.6 Å². The Labute approximate surface area is 131 Å². The molecule has 3 rings (SSSR count). The Hall–Kier alpha value is -1.10. The molecule has 2 unspecified atom stereocenters. The van der Waals surface area contributed by atoms with E-state index in [4.69, 9.17) is 0 Å². The minimum Gasteiger partial charge on any atom is -0.391 e. The number of aryl methyl sites for hydroxylation is 1. The van der Waals surface area contributed by atoms with Crippen molar-refractivity contribution in [3.8, 4) is 0 Å². The van der Waals surface area contributed by atoms with Crippen molar-refractivity contribution in [2.75, 3.05) is 19.6 Å². The molecule has 1 saturated carbocycles. The number of rotatable bonds is 4. The first-order chi connectivity index (χ1) is 9.62. The SMILES string of the molecule is Cc1cccc(C2(C(=O)NCC3CNCC3O)CC2)c1.Cl. The number of amides is 1. The summed E-state index contributed by atoms with van der Waals surface area (Å²) < 4.78 is 0. The maximum Gasteiger partial charge on any atom is 0.230 e. The van der Waals surface area contributed by atoms with Crippen LogP contribution >= 0.6 is 12.4 Å². The highest BCUT2D eigenvalue weighted by Crippen LogP contribution is 2.48. The van der Waals surface area contributed by atoms with Crippen LogP contribution in [0.1, 0.15) is 24.0 Å². The first-order valence-corrected chi connectivity index (χ1v) is 7.36. The third kappa shape index (κ3) is 3.23. The Kier molecular flexibility index (Phi) is 4.91. The minimum atomic E-state index is -0.343. The Morgan fingerprint density at radius 1 is 1.43 bits per heavy atom. The van der Waals surface area contributed by atoms with Gasteiger partial charge < -0.3 is 15.7 Å². The molecule has 1 amide bonds. The number of nitrogens with one attached hydrogen (secondary N) is 2. The molecule has 2 fully saturated rings. The molecule has 4 nitrogen and oxygen atoms in total. The summed E-state index contributed by atoms with van der Waals surface area (Å²) in [5.41, 5.74) is 2.00. The fourth-order valence-corrected chi connectivity index (χ4v) is 3.04. The molecule has 116 valence electrons. The molecule has 21 heavy (non-hydrogen) atoms. The van der Waals surface area contributed by atoms with Crippen molar-refractivity contribution in [2.24, 2.45) is 5.92 Å². The van der Waals surface area contributed by atoms with Crippen molar-refractivity contribution in [3.05, 3.63) is 35.4 Å². The largest absolute Gasteiger partial charge is 0.391 e. The second-order valence-electron chi connectivity index (χ2n) is 6.15. The van der Waals surface area contributed by atoms with Gasteiger partial charge in [-0.3, -0.25) is 4.79 Å². The van der Waals surface area contributed by atoms with Crippen LogP contribution in [0.3, 0.4) is 0 Å². The number of carbonyl (C=O) groups is 1. The van der Waals surface area contributed by atoms with Crippen molar-refractivity contribution in [3.63, 3.8) is 0 Å². The molecule has 3 N–H and O–H groups in total. The van der Waals surface area contributed by atoms with E-state index in [1.165, 1.54) is 5.56 Å². The molecule has 2 aliphatic rings. The van der Waals surface area contributed by atoms with Crippen molar-refractivity contribution >= 4 is 18.3 Å². The number of halogens is 1. The van der Waals surface area contributed by atoms with Gasteiger partial charge in [0.25, 0.3) is 0 Å². The van der Waals surface area contributed by atoms with Gasteiger partial charge in [-0.05, 0) is 25.3 Å². The van der Waals surface area contributed by atoms with Crippen LogP contribution in [0.25, 0.3) is 0 Å². The molecule has 1 heterocycles. The zero-order valence-electron chi connectivity index (χ0n) is 12.3. The molecule has 0 bridgehead atoms. The average Bonchev–Trinajstić information content (AvgIpc) is 3.15. The number of benzene rings is 1. The second kappa shape index (κ2) is 6.34. The minimum absolute atomic E-state index is 0. The van der Waals surface area contributed by atoms with Crippen molar-refractivity contribution in [1.29, 1.82) is 0 Å². The second-order valence-corrected chi connectivity index (χ2v) is 6.15. The van der Waals surface area contributed by atoms with E-state index in [1.54, 1.807) is 0 Å². The van der Waals surface area contributed by atoms with E-state index in [0.29, 0.717) is 13.1 Å². The van der Waals surface area contributed by atoms with E-state index >= 15 is 0 Å². The predicted octanol–water partition coefficient (Wildman–Crippen LogP) is 1.14. The lowest BCUT2D eigenvalue weighted by Crippen LogP contribution is -2.40. The number of β-amino-alcohol motifs (C(OH)–C–C–N with tert-alkyl or cyclic N) is 1. The van der Waals surface area contributed by atoms with Crippen LogP contribution in [0.5, 0.6) is 0 Å². The van der Waals surface area contributed by atoms with Gasteiger partial charge in [-0.2, -0.15) is 0 Å². The molecule has 5 heteroatoms. The highest BCUT2D eigenvalue weighted by atomic mass is 35.5. The van der Waals surface area contributed by atoms with E-state index < -0.39 is 0 Å². The summed E-state index contributed by atoms with van der Waals surface area (Å²) in [6.45, 7) is 4.01. The van der Waals surface area contributed by atoms with Gasteiger partial charge in [-0.25, -0.2) is 0 Å². The molecule has 1 aliphatic carbocycles. The van der Waals surface area contributed by atoms with E-state index in [2.05, 4.69) is 29.7 Å². The summed E-state index contributed by atoms with van der Waals surface area (Å²) in [5.74, 6) is 0.245. The van der Waals surface area contributed by atoms with Gasteiger partial charge in [-0.1, -0.05) is 29.8 Å². The molecular formula is C16H23ClN2O2. The molecule has 1 aromatic carbocycles. The summed E-state index contributed by atoms with van der Waals surface area (Å²) >= 11 is 0. The van der Waals surface area contributed by atoms with Gasteiger partial charge in [-0.15, -0.1) is 12.4 Å². The standard InChI is InChI=1S/C16H22N2O2.ClH/c1-11-3-2-4-13(7-11)16(5-6-16)15(20)18-9-12-8-17-10-14(12)19;/h2-4,7,12,14,17,19H,5-6,8-10H2,1H3,(H,18,20);1H. The van der Waals surface area contributed by atoms with Gasteiger partial charge in [0.05, 0.1) is 11.5 Å². The normalized spacial score (nSPS) is 26.0. The predicted molar refractivity (Wildman–Crippen MR) is 84.7 cm³/mol. The lowest BCUT2D eigenvalue weighted by molar-refractivity contribution is -0.123. The van der Waals surface area contributed by atoms with Gasteiger partial charge >= 0.3 is 0 Å². The van der Waals surface area contributed by atoms with Crippen molar-refractivity contribution in [1.82, 2.24) is 10.6 Å². The zero-order chi connectivity index (χ0) is 14.2. The number of aliphatic hydroxyl groups is 1. The van der Waals surface area contributed by atoms with E-state index in [1.807, 2.05) is 12.1 Å². The first kappa shape index (κ1) is 16.3. The third-order valence-corrected chi connectivity index (χ3v) is 4.58. The highest BCUT2D eigenvalue weighted by molar-refractivity contribution is 5.91. The van der Waals surface area contributed by atoms with Gasteiger partial charge in [0.1, 0.15) is 0 Å². The lowest BCUT2D eigenvalue weighted by atomic mass is 9.93. The Balaban J connectivity index is 0.00000161. The van der Waals surface area contributed by atoms with Crippen molar-refractivity contribution < 1.29 is 9.90 Å². The van der Waals surface area contributed by atoms with Crippen molar-refractivity contribution in [2.45, 2.75) is 31.3 Å². The molecule has 0 radical (unpaired) electrons. The summed E-state index contributed by atoms with van der Waals surface area (Å²) in [6.07, 6.45) is 1.51. The maximum absolute atomic E-state index is 12.5. The van der Waals surface area contributed by atoms with Crippen LogP contribution in [0, 0.1) is 12.8 Å². The molecule has 1 aromatic rings. The lowest BCUT2D eigenvalue weighted by Gasteiger charge is -2.19. The van der Waals surface area contributed by atoms with Gasteiger partial charge in [0, 0.05) is 25.6 Å². The molecule has 1 aliphatic heterocycles. The van der Waals surface area contributed by atoms with Crippen LogP contribution in [0.15, 0.2) is 24.3 Å². The topological polar surface area (TPSA) is 61.4 Å². The smallest absolute Gasteiger partial charge is 0.230 e. The maximum atomic E-state index is 12.5. The summed E-state index contributed by atoms with van der Waals surface area (Å²) in [6, 6.07) is 8.23. The van der Waals surface area contributed by atoms with E-state index in [-0.39, 0.29) is 35.8 Å². The van der Waals surface area contributed by atoms with E-state index in [0.717, 1.165) is 24.9 Å². The Morgan fingerprint density at radius 3 is 2.76 bits per heavy atom. The van der Waals surface area contributed by atoms with Gasteiger partial charge in [0.15, 0.2) is 0 Å². The van der Waals surface area contributed by atoms with Crippen LogP contribution in [-0.4, -0.2) is 36.8 Å². The highest BCUT2D eigenvalue weighted by Gasteiger charge is 2.51. The summed E-state index contributed by atoms with van der Waals surface area (Å²) in [5, 5.41) is 15.9. The average molecular weight is 311 g/mol.